The van der Waals surface area contributed by atoms with Gasteiger partial charge in [0.25, 0.3) is 10.0 Å². The van der Waals surface area contributed by atoms with Gasteiger partial charge in [-0.3, -0.25) is 0 Å². The lowest BCUT2D eigenvalue weighted by Crippen LogP contribution is -2.36. The lowest BCUT2D eigenvalue weighted by atomic mass is 10.3. The zero-order valence-corrected chi connectivity index (χ0v) is 13.4. The van der Waals surface area contributed by atoms with Crippen LogP contribution in [0.25, 0.3) is 0 Å². The summed E-state index contributed by atoms with van der Waals surface area (Å²) in [4.78, 5) is 0. The number of sulfonamides is 1. The minimum absolute atomic E-state index is 0.0812. The maximum Gasteiger partial charge on any atom is 0.253 e. The smallest absolute Gasteiger partial charge is 0.253 e. The van der Waals surface area contributed by atoms with Crippen LogP contribution in [0.4, 0.5) is 0 Å². The molecule has 1 aromatic rings. The van der Waals surface area contributed by atoms with Crippen molar-refractivity contribution >= 4 is 21.4 Å². The maximum absolute atomic E-state index is 12.5. The molecule has 1 rings (SSSR count). The van der Waals surface area contributed by atoms with Crippen LogP contribution >= 0.6 is 11.3 Å². The number of hydrogen-bond donors (Lipinski definition) is 1. The van der Waals surface area contributed by atoms with Crippen molar-refractivity contribution in [3.63, 3.8) is 0 Å². The molecule has 1 heterocycles. The summed E-state index contributed by atoms with van der Waals surface area (Å²) >= 11 is 1.27. The van der Waals surface area contributed by atoms with Crippen LogP contribution in [0.2, 0.25) is 0 Å². The molecule has 0 aliphatic heterocycles. The SMILES string of the molecule is C=CCN(C(C)C)S(=O)(=O)c1cc(CNCC)cs1. The molecule has 4 nitrogen and oxygen atoms in total. The van der Waals surface area contributed by atoms with Gasteiger partial charge in [-0.2, -0.15) is 4.31 Å². The first kappa shape index (κ1) is 16.4. The zero-order chi connectivity index (χ0) is 14.5. The molecule has 0 saturated carbocycles. The van der Waals surface area contributed by atoms with Crippen molar-refractivity contribution in [1.82, 2.24) is 9.62 Å². The Morgan fingerprint density at radius 2 is 2.21 bits per heavy atom. The van der Waals surface area contributed by atoms with Crippen LogP contribution in [0.1, 0.15) is 26.3 Å². The van der Waals surface area contributed by atoms with Crippen LogP contribution in [0, 0.1) is 0 Å². The number of thiophene rings is 1. The molecule has 0 aliphatic carbocycles. The third kappa shape index (κ3) is 4.14. The highest BCUT2D eigenvalue weighted by Gasteiger charge is 2.27. The van der Waals surface area contributed by atoms with E-state index in [0.717, 1.165) is 12.1 Å². The van der Waals surface area contributed by atoms with E-state index in [9.17, 15) is 8.42 Å². The van der Waals surface area contributed by atoms with E-state index in [1.165, 1.54) is 15.6 Å². The van der Waals surface area contributed by atoms with Crippen LogP contribution in [-0.4, -0.2) is 31.9 Å². The summed E-state index contributed by atoms with van der Waals surface area (Å²) in [5, 5.41) is 5.08. The van der Waals surface area contributed by atoms with Gasteiger partial charge in [0.15, 0.2) is 0 Å². The Morgan fingerprint density at radius 1 is 1.53 bits per heavy atom. The fourth-order valence-electron chi connectivity index (χ4n) is 1.68. The third-order valence-electron chi connectivity index (χ3n) is 2.66. The summed E-state index contributed by atoms with van der Waals surface area (Å²) in [6.45, 7) is 11.3. The fourth-order valence-corrected chi connectivity index (χ4v) is 4.62. The van der Waals surface area contributed by atoms with E-state index in [1.54, 1.807) is 12.1 Å². The summed E-state index contributed by atoms with van der Waals surface area (Å²) in [5.41, 5.74) is 1.01. The van der Waals surface area contributed by atoms with Gasteiger partial charge in [-0.05, 0) is 37.4 Å². The molecule has 0 spiro atoms. The minimum atomic E-state index is -3.41. The first-order chi connectivity index (χ1) is 8.93. The summed E-state index contributed by atoms with van der Waals surface area (Å²) in [6.07, 6.45) is 1.62. The van der Waals surface area contributed by atoms with E-state index in [-0.39, 0.29) is 6.04 Å². The van der Waals surface area contributed by atoms with Crippen molar-refractivity contribution in [2.45, 2.75) is 37.6 Å². The van der Waals surface area contributed by atoms with Crippen LogP contribution in [0.5, 0.6) is 0 Å². The topological polar surface area (TPSA) is 49.4 Å². The van der Waals surface area contributed by atoms with E-state index in [1.807, 2.05) is 26.2 Å². The monoisotopic (exact) mass is 302 g/mol. The lowest BCUT2D eigenvalue weighted by molar-refractivity contribution is 0.384. The zero-order valence-electron chi connectivity index (χ0n) is 11.7. The van der Waals surface area contributed by atoms with Crippen molar-refractivity contribution in [2.75, 3.05) is 13.1 Å². The predicted octanol–water partition coefficient (Wildman–Crippen LogP) is 2.44. The number of nitrogens with one attached hydrogen (secondary N) is 1. The molecule has 1 N–H and O–H groups in total. The Labute approximate surface area is 120 Å². The van der Waals surface area contributed by atoms with Crippen LogP contribution < -0.4 is 5.32 Å². The van der Waals surface area contributed by atoms with Gasteiger partial charge in [0.2, 0.25) is 0 Å². The Kier molecular flexibility index (Phi) is 6.19. The standard InChI is InChI=1S/C13H22N2O2S2/c1-5-7-15(11(3)4)19(16,17)13-8-12(10-18-13)9-14-6-2/h5,8,10-11,14H,1,6-7,9H2,2-4H3. The quantitative estimate of drug-likeness (QED) is 0.750. The van der Waals surface area contributed by atoms with E-state index in [4.69, 9.17) is 0 Å². The largest absolute Gasteiger partial charge is 0.313 e. The van der Waals surface area contributed by atoms with Gasteiger partial charge in [0.05, 0.1) is 0 Å². The molecular formula is C13H22N2O2S2. The normalized spacial score (nSPS) is 12.3. The van der Waals surface area contributed by atoms with E-state index < -0.39 is 10.0 Å². The highest BCUT2D eigenvalue weighted by molar-refractivity contribution is 7.91. The molecule has 108 valence electrons. The van der Waals surface area contributed by atoms with Gasteiger partial charge in [-0.25, -0.2) is 8.42 Å². The molecule has 6 heteroatoms. The molecule has 0 unspecified atom stereocenters. The van der Waals surface area contributed by atoms with E-state index in [0.29, 0.717) is 17.3 Å². The van der Waals surface area contributed by atoms with Crippen molar-refractivity contribution in [2.24, 2.45) is 0 Å². The molecule has 0 fully saturated rings. The highest BCUT2D eigenvalue weighted by atomic mass is 32.2. The third-order valence-corrected chi connectivity index (χ3v) is 6.16. The van der Waals surface area contributed by atoms with Crippen molar-refractivity contribution in [1.29, 1.82) is 0 Å². The Morgan fingerprint density at radius 3 is 2.74 bits per heavy atom. The maximum atomic E-state index is 12.5. The van der Waals surface area contributed by atoms with Gasteiger partial charge in [0, 0.05) is 19.1 Å². The lowest BCUT2D eigenvalue weighted by Gasteiger charge is -2.23. The van der Waals surface area contributed by atoms with Gasteiger partial charge < -0.3 is 5.32 Å². The highest BCUT2D eigenvalue weighted by Crippen LogP contribution is 2.25. The molecule has 0 bridgehead atoms. The number of nitrogens with zero attached hydrogens (tertiary/aromatic N) is 1. The van der Waals surface area contributed by atoms with E-state index >= 15 is 0 Å². The minimum Gasteiger partial charge on any atom is -0.313 e. The summed E-state index contributed by atoms with van der Waals surface area (Å²) in [6, 6.07) is 1.67. The summed E-state index contributed by atoms with van der Waals surface area (Å²) < 4.78 is 26.9. The molecule has 0 amide bonds. The predicted molar refractivity (Wildman–Crippen MR) is 80.9 cm³/mol. The number of hydrogen-bond acceptors (Lipinski definition) is 4. The van der Waals surface area contributed by atoms with Crippen molar-refractivity contribution < 1.29 is 8.42 Å². The van der Waals surface area contributed by atoms with Crippen molar-refractivity contribution in [3.05, 3.63) is 29.7 Å². The second kappa shape index (κ2) is 7.19. The molecule has 19 heavy (non-hydrogen) atoms. The van der Waals surface area contributed by atoms with Crippen molar-refractivity contribution in [3.8, 4) is 0 Å². The summed E-state index contributed by atoms with van der Waals surface area (Å²) in [7, 11) is -3.41. The second-order valence-electron chi connectivity index (χ2n) is 4.51. The first-order valence-corrected chi connectivity index (χ1v) is 8.66. The molecule has 0 saturated heterocycles. The Hall–Kier alpha value is -0.690. The van der Waals surface area contributed by atoms with Crippen LogP contribution in [0.15, 0.2) is 28.3 Å². The average molecular weight is 302 g/mol. The van der Waals surface area contributed by atoms with E-state index in [2.05, 4.69) is 11.9 Å². The Balaban J connectivity index is 2.98. The molecule has 1 aromatic heterocycles. The molecule has 0 radical (unpaired) electrons. The average Bonchev–Trinajstić information content (AvgIpc) is 2.82. The van der Waals surface area contributed by atoms with Gasteiger partial charge >= 0.3 is 0 Å². The Bertz CT molecular complexity index is 506. The second-order valence-corrected chi connectivity index (χ2v) is 7.54. The number of rotatable bonds is 8. The van der Waals surface area contributed by atoms with Gasteiger partial charge in [-0.15, -0.1) is 17.9 Å². The summed E-state index contributed by atoms with van der Waals surface area (Å²) in [5.74, 6) is 0. The first-order valence-electron chi connectivity index (χ1n) is 6.34. The fraction of sp³-hybridized carbons (Fsp3) is 0.538. The molecule has 0 aromatic carbocycles. The van der Waals surface area contributed by atoms with Crippen LogP contribution in [-0.2, 0) is 16.6 Å². The van der Waals surface area contributed by atoms with Crippen LogP contribution in [0.3, 0.4) is 0 Å². The molecular weight excluding hydrogens is 280 g/mol. The molecule has 0 atom stereocenters. The van der Waals surface area contributed by atoms with Gasteiger partial charge in [0.1, 0.15) is 4.21 Å². The molecule has 0 aliphatic rings. The van der Waals surface area contributed by atoms with Gasteiger partial charge in [-0.1, -0.05) is 13.0 Å².